The van der Waals surface area contributed by atoms with E-state index in [4.69, 9.17) is 14.2 Å². The topological polar surface area (TPSA) is 88.5 Å². The predicted octanol–water partition coefficient (Wildman–Crippen LogP) is 5.80. The lowest BCUT2D eigenvalue weighted by atomic mass is 9.41. The van der Waals surface area contributed by atoms with Crippen LogP contribution in [0.5, 0.6) is 0 Å². The highest BCUT2D eigenvalue weighted by molar-refractivity contribution is 5.76. The standard InChI is InChI=1S/C37H61NO6/c1-23(17-25(21-39)42-6)26-19-29(40)35(5)28-10-9-27-33(2,3)30(11-12-36(27)22-37(28,36)14-13-34(26,35)4)44-32-20-38(15-16-43-32)31(41)18-24-7-8-24/h23-30,32,39-40H,7-22H2,1-6H3/t23-,25?,26-,27+,28?,29+,30?,32?,34?,35-,36?,37?/m1/s1. The van der Waals surface area contributed by atoms with Crippen LogP contribution in [0.25, 0.3) is 0 Å². The SMILES string of the molecule is COC(CO)C[C@@H](C)[C@H]1C[C@H](O)[C@@]2(C)C3CC[C@H]4C(C)(C)C(OC5CN(C(=O)CC6CC6)CCO5)CCC45CC35CCC12C. The van der Waals surface area contributed by atoms with Crippen LogP contribution in [-0.2, 0) is 19.0 Å². The summed E-state index contributed by atoms with van der Waals surface area (Å²) in [5.41, 5.74) is 0.778. The van der Waals surface area contributed by atoms with Crippen molar-refractivity contribution in [1.29, 1.82) is 0 Å². The number of fused-ring (bicyclic) bond motifs is 2. The number of amides is 1. The van der Waals surface area contributed by atoms with Crippen molar-refractivity contribution in [3.63, 3.8) is 0 Å². The largest absolute Gasteiger partial charge is 0.394 e. The van der Waals surface area contributed by atoms with Crippen molar-refractivity contribution in [1.82, 2.24) is 4.90 Å². The van der Waals surface area contributed by atoms with Gasteiger partial charge >= 0.3 is 0 Å². The van der Waals surface area contributed by atoms with Crippen molar-refractivity contribution in [2.75, 3.05) is 33.4 Å². The summed E-state index contributed by atoms with van der Waals surface area (Å²) in [6.45, 7) is 14.1. The maximum absolute atomic E-state index is 12.8. The second-order valence-corrected chi connectivity index (χ2v) is 17.8. The number of hydrogen-bond donors (Lipinski definition) is 2. The average molecular weight is 616 g/mol. The van der Waals surface area contributed by atoms with Gasteiger partial charge in [-0.05, 0) is 122 Å². The maximum atomic E-state index is 12.8. The van der Waals surface area contributed by atoms with Crippen molar-refractivity contribution < 1.29 is 29.2 Å². The van der Waals surface area contributed by atoms with Crippen LogP contribution in [0.1, 0.15) is 112 Å². The fourth-order valence-corrected chi connectivity index (χ4v) is 13.1. The highest BCUT2D eigenvalue weighted by Gasteiger charge is 2.83. The number of hydrogen-bond acceptors (Lipinski definition) is 6. The number of morpholine rings is 1. The van der Waals surface area contributed by atoms with E-state index < -0.39 is 0 Å². The zero-order chi connectivity index (χ0) is 31.3. The van der Waals surface area contributed by atoms with Gasteiger partial charge in [0, 0.05) is 25.5 Å². The number of carbonyl (C=O) groups is 1. The molecular formula is C37H61NO6. The first-order valence-electron chi connectivity index (χ1n) is 18.2. The minimum atomic E-state index is -0.319. The van der Waals surface area contributed by atoms with Crippen molar-refractivity contribution in [3.05, 3.63) is 0 Å². The Balaban J connectivity index is 1.06. The first kappa shape index (κ1) is 31.8. The van der Waals surface area contributed by atoms with Gasteiger partial charge in [-0.25, -0.2) is 0 Å². The van der Waals surface area contributed by atoms with Crippen LogP contribution >= 0.6 is 0 Å². The molecule has 7 heteroatoms. The lowest BCUT2D eigenvalue weighted by Gasteiger charge is -2.64. The molecule has 7 fully saturated rings. The van der Waals surface area contributed by atoms with Gasteiger partial charge in [-0.15, -0.1) is 0 Å². The molecule has 1 amide bonds. The Hall–Kier alpha value is -0.730. The number of rotatable bonds is 9. The zero-order valence-electron chi connectivity index (χ0n) is 28.5. The van der Waals surface area contributed by atoms with Crippen LogP contribution in [0.15, 0.2) is 0 Å². The van der Waals surface area contributed by atoms with Gasteiger partial charge in [0.05, 0.1) is 38.1 Å². The van der Waals surface area contributed by atoms with Crippen molar-refractivity contribution in [2.45, 2.75) is 136 Å². The van der Waals surface area contributed by atoms with Crippen LogP contribution < -0.4 is 0 Å². The summed E-state index contributed by atoms with van der Waals surface area (Å²) < 4.78 is 18.5. The molecule has 1 aliphatic heterocycles. The van der Waals surface area contributed by atoms with Crippen LogP contribution in [0, 0.1) is 56.7 Å². The Morgan fingerprint density at radius 1 is 1.02 bits per heavy atom. The van der Waals surface area contributed by atoms with E-state index in [0.29, 0.717) is 66.5 Å². The van der Waals surface area contributed by atoms with Gasteiger partial charge in [-0.3, -0.25) is 4.79 Å². The minimum Gasteiger partial charge on any atom is -0.394 e. The van der Waals surface area contributed by atoms with Gasteiger partial charge in [0.2, 0.25) is 5.91 Å². The third-order valence-electron chi connectivity index (χ3n) is 15.9. The van der Waals surface area contributed by atoms with Crippen LogP contribution in [0.3, 0.4) is 0 Å². The summed E-state index contributed by atoms with van der Waals surface area (Å²) in [5.74, 6) is 2.92. The second-order valence-electron chi connectivity index (χ2n) is 17.8. The molecule has 44 heavy (non-hydrogen) atoms. The van der Waals surface area contributed by atoms with Gasteiger partial charge in [0.15, 0.2) is 6.29 Å². The molecule has 0 aromatic heterocycles. The lowest BCUT2D eigenvalue weighted by Crippen LogP contribution is -2.60. The molecule has 2 spiro atoms. The fraction of sp³-hybridized carbons (Fsp3) is 0.973. The molecule has 0 aromatic carbocycles. The maximum Gasteiger partial charge on any atom is 0.223 e. The molecule has 1 heterocycles. The molecule has 6 saturated carbocycles. The molecule has 250 valence electrons. The number of carbonyl (C=O) groups excluding carboxylic acids is 1. The minimum absolute atomic E-state index is 0.0445. The normalized spacial score (nSPS) is 48.9. The smallest absolute Gasteiger partial charge is 0.223 e. The molecule has 7 rings (SSSR count). The Labute approximate surface area is 266 Å². The van der Waals surface area contributed by atoms with Crippen molar-refractivity contribution in [3.8, 4) is 0 Å². The lowest BCUT2D eigenvalue weighted by molar-refractivity contribution is -0.248. The number of aliphatic hydroxyl groups excluding tert-OH is 2. The van der Waals surface area contributed by atoms with E-state index in [1.807, 2.05) is 4.90 Å². The molecule has 1 saturated heterocycles. The Bertz CT molecular complexity index is 1110. The number of nitrogens with zero attached hydrogens (tertiary/aromatic N) is 1. The molecule has 2 N–H and O–H groups in total. The zero-order valence-corrected chi connectivity index (χ0v) is 28.5. The van der Waals surface area contributed by atoms with E-state index in [1.54, 1.807) is 7.11 Å². The molecule has 0 bridgehead atoms. The first-order chi connectivity index (χ1) is 20.9. The molecular weight excluding hydrogens is 554 g/mol. The van der Waals surface area contributed by atoms with Crippen LogP contribution in [0.2, 0.25) is 0 Å². The van der Waals surface area contributed by atoms with Crippen LogP contribution in [-0.4, -0.2) is 79.0 Å². The molecule has 6 aliphatic carbocycles. The highest BCUT2D eigenvalue weighted by atomic mass is 16.7. The Kier molecular flexibility index (Phi) is 7.89. The quantitative estimate of drug-likeness (QED) is 0.341. The third-order valence-corrected chi connectivity index (χ3v) is 15.9. The van der Waals surface area contributed by atoms with Crippen LogP contribution in [0.4, 0.5) is 0 Å². The summed E-state index contributed by atoms with van der Waals surface area (Å²) in [6.07, 6.45) is 12.7. The molecule has 7 unspecified atom stereocenters. The fourth-order valence-electron chi connectivity index (χ4n) is 13.1. The number of aliphatic hydroxyl groups is 2. The molecule has 7 aliphatic rings. The average Bonchev–Trinajstić information content (AvgIpc) is 3.91. The van der Waals surface area contributed by atoms with Crippen molar-refractivity contribution in [2.24, 2.45) is 56.7 Å². The van der Waals surface area contributed by atoms with E-state index in [9.17, 15) is 15.0 Å². The molecule has 0 radical (unpaired) electrons. The molecule has 12 atom stereocenters. The Morgan fingerprint density at radius 2 is 1.75 bits per heavy atom. The number of ether oxygens (including phenoxy) is 3. The number of methoxy groups -OCH3 is 1. The van der Waals surface area contributed by atoms with Gasteiger partial charge in [-0.2, -0.15) is 0 Å². The van der Waals surface area contributed by atoms with E-state index in [-0.39, 0.29) is 53.4 Å². The van der Waals surface area contributed by atoms with E-state index in [0.717, 1.165) is 19.3 Å². The predicted molar refractivity (Wildman–Crippen MR) is 168 cm³/mol. The Morgan fingerprint density at radius 3 is 2.45 bits per heavy atom. The summed E-state index contributed by atoms with van der Waals surface area (Å²) in [6, 6.07) is 0. The summed E-state index contributed by atoms with van der Waals surface area (Å²) in [7, 11) is 1.70. The molecule has 0 aromatic rings. The van der Waals surface area contributed by atoms with E-state index in [2.05, 4.69) is 34.6 Å². The summed E-state index contributed by atoms with van der Waals surface area (Å²) in [4.78, 5) is 14.8. The van der Waals surface area contributed by atoms with Gasteiger partial charge < -0.3 is 29.3 Å². The summed E-state index contributed by atoms with van der Waals surface area (Å²) in [5, 5.41) is 21.8. The second kappa shape index (κ2) is 10.9. The molecule has 7 nitrogen and oxygen atoms in total. The van der Waals surface area contributed by atoms with Gasteiger partial charge in [-0.1, -0.05) is 34.6 Å². The van der Waals surface area contributed by atoms with Gasteiger partial charge in [0.1, 0.15) is 0 Å². The van der Waals surface area contributed by atoms with E-state index >= 15 is 0 Å². The monoisotopic (exact) mass is 615 g/mol. The summed E-state index contributed by atoms with van der Waals surface area (Å²) >= 11 is 0. The van der Waals surface area contributed by atoms with Crippen molar-refractivity contribution >= 4 is 5.91 Å². The highest BCUT2D eigenvalue weighted by Crippen LogP contribution is 2.89. The third kappa shape index (κ3) is 4.48. The van der Waals surface area contributed by atoms with E-state index in [1.165, 1.54) is 51.4 Å². The van der Waals surface area contributed by atoms with Gasteiger partial charge in [0.25, 0.3) is 0 Å². The first-order valence-corrected chi connectivity index (χ1v) is 18.2.